The van der Waals surface area contributed by atoms with Crippen LogP contribution < -0.4 is 5.32 Å². The fraction of sp³-hybridized carbons (Fsp3) is 0.684. The van der Waals surface area contributed by atoms with E-state index in [9.17, 15) is 29.8 Å². The van der Waals surface area contributed by atoms with E-state index in [-0.39, 0.29) is 12.3 Å². The van der Waals surface area contributed by atoms with E-state index in [1.807, 2.05) is 6.26 Å². The molecule has 1 amide bonds. The van der Waals surface area contributed by atoms with E-state index < -0.39 is 38.9 Å². The molecular weight excluding hydrogens is 414 g/mol. The Morgan fingerprint density at radius 3 is 2.27 bits per heavy atom. The van der Waals surface area contributed by atoms with Gasteiger partial charge in [0.15, 0.2) is 0 Å². The number of carbonyl (C=O) groups excluding carboxylic acids is 2. The van der Waals surface area contributed by atoms with Gasteiger partial charge in [0.2, 0.25) is 5.91 Å². The molecule has 11 heteroatoms. The van der Waals surface area contributed by atoms with Crippen LogP contribution >= 0.6 is 11.8 Å². The van der Waals surface area contributed by atoms with E-state index in [4.69, 9.17) is 4.74 Å². The van der Waals surface area contributed by atoms with Crippen molar-refractivity contribution in [3.63, 3.8) is 0 Å². The fourth-order valence-corrected chi connectivity index (χ4v) is 4.24. The number of hydrogen-bond donors (Lipinski definition) is 1. The van der Waals surface area contributed by atoms with Gasteiger partial charge in [-0.1, -0.05) is 18.6 Å². The highest BCUT2D eigenvalue weighted by atomic mass is 32.2. The Labute approximate surface area is 178 Å². The first kappa shape index (κ1) is 23.8. The van der Waals surface area contributed by atoms with Crippen LogP contribution in [0.4, 0.5) is 0 Å². The molecule has 0 aromatic heterocycles. The second-order valence-electron chi connectivity index (χ2n) is 7.69. The third kappa shape index (κ3) is 5.00. The second-order valence-corrected chi connectivity index (χ2v) is 8.68. The molecule has 0 unspecified atom stereocenters. The highest BCUT2D eigenvalue weighted by Crippen LogP contribution is 2.45. The van der Waals surface area contributed by atoms with Gasteiger partial charge in [-0.25, -0.2) is 4.79 Å². The van der Waals surface area contributed by atoms with Crippen molar-refractivity contribution in [2.75, 3.05) is 19.1 Å². The lowest BCUT2D eigenvalue weighted by atomic mass is 9.65. The quantitative estimate of drug-likeness (QED) is 0.129. The van der Waals surface area contributed by atoms with Gasteiger partial charge in [-0.2, -0.15) is 11.8 Å². The molecule has 0 aliphatic heterocycles. The van der Waals surface area contributed by atoms with Crippen molar-refractivity contribution in [2.45, 2.75) is 50.2 Å². The summed E-state index contributed by atoms with van der Waals surface area (Å²) >= 11 is 1.72. The Kier molecular flexibility index (Phi) is 7.99. The molecule has 166 valence electrons. The average Bonchev–Trinajstić information content (AvgIpc) is 2.68. The van der Waals surface area contributed by atoms with E-state index in [1.54, 1.807) is 11.8 Å². The van der Waals surface area contributed by atoms with Crippen LogP contribution in [0.15, 0.2) is 24.3 Å². The van der Waals surface area contributed by atoms with Crippen LogP contribution in [0.5, 0.6) is 0 Å². The van der Waals surface area contributed by atoms with Gasteiger partial charge in [-0.05, 0) is 50.0 Å². The second kappa shape index (κ2) is 10.1. The van der Waals surface area contributed by atoms with Crippen molar-refractivity contribution in [2.24, 2.45) is 11.3 Å². The predicted octanol–water partition coefficient (Wildman–Crippen LogP) is 2.34. The zero-order valence-corrected chi connectivity index (χ0v) is 17.9. The number of nitrogens with zero attached hydrogens (tertiary/aromatic N) is 2. The van der Waals surface area contributed by atoms with Gasteiger partial charge in [0.25, 0.3) is 0 Å². The van der Waals surface area contributed by atoms with E-state index in [2.05, 4.69) is 5.32 Å². The van der Waals surface area contributed by atoms with Crippen molar-refractivity contribution in [1.29, 1.82) is 0 Å². The van der Waals surface area contributed by atoms with Crippen molar-refractivity contribution >= 4 is 23.6 Å². The molecule has 1 N–H and O–H groups in total. The van der Waals surface area contributed by atoms with Crippen LogP contribution in [0.25, 0.3) is 0 Å². The number of hydrogen-bond acceptors (Lipinski definition) is 8. The van der Waals surface area contributed by atoms with Gasteiger partial charge in [0.1, 0.15) is 15.9 Å². The Morgan fingerprint density at radius 1 is 1.23 bits per heavy atom. The Bertz CT molecular complexity index is 718. The molecule has 0 saturated heterocycles. The zero-order chi connectivity index (χ0) is 22.4. The summed E-state index contributed by atoms with van der Waals surface area (Å²) in [5.74, 6) is -0.332. The maximum atomic E-state index is 13.0. The monoisotopic (exact) mass is 441 g/mol. The molecule has 2 rings (SSSR count). The van der Waals surface area contributed by atoms with Crippen LogP contribution in [0.3, 0.4) is 0 Å². The number of ether oxygens (including phenoxy) is 1. The number of rotatable bonds is 11. The number of esters is 1. The van der Waals surface area contributed by atoms with E-state index in [0.717, 1.165) is 50.0 Å². The summed E-state index contributed by atoms with van der Waals surface area (Å²) < 4.78 is 4.81. The summed E-state index contributed by atoms with van der Waals surface area (Å²) in [5, 5.41) is 25.1. The number of allylic oxidation sites excluding steroid dienone is 2. The maximum Gasteiger partial charge on any atom is 0.497 e. The first-order valence-corrected chi connectivity index (χ1v) is 11.2. The van der Waals surface area contributed by atoms with Gasteiger partial charge < -0.3 is 10.1 Å². The minimum atomic E-state index is -2.51. The van der Waals surface area contributed by atoms with Crippen LogP contribution in [0, 0.1) is 31.6 Å². The number of amides is 1. The van der Waals surface area contributed by atoms with Gasteiger partial charge in [0.05, 0.1) is 19.3 Å². The zero-order valence-electron chi connectivity index (χ0n) is 17.1. The minimum Gasteiger partial charge on any atom is -0.467 e. The molecule has 1 atom stereocenters. The first-order chi connectivity index (χ1) is 14.2. The number of nitro groups is 2. The molecular formula is C19H27N3O7S. The first-order valence-electron chi connectivity index (χ1n) is 9.76. The summed E-state index contributed by atoms with van der Waals surface area (Å²) in [4.78, 5) is 45.5. The standard InChI is InChI=1S/C19H27N3O7S/c1-29-16(23)15(20-17(24)18(7-3-8-18)9-4-12-30-2)13-14-5-10-19(11-6-14,21(25)26)22(27)28/h5-6,10-11,14-15H,3-4,7-9,12-13H2,1-2H3,(H,20,24)/t15-/m0/s1. The molecule has 10 nitrogen and oxygen atoms in total. The van der Waals surface area contributed by atoms with Crippen LogP contribution in [-0.4, -0.2) is 52.5 Å². The SMILES string of the molecule is COC(=O)[C@H](CC1C=CC([N+](=O)[O-])([N+](=O)[O-])C=C1)NC(=O)C1(CCCSC)CCC1. The van der Waals surface area contributed by atoms with E-state index >= 15 is 0 Å². The highest BCUT2D eigenvalue weighted by Gasteiger charge is 2.52. The van der Waals surface area contributed by atoms with Crippen molar-refractivity contribution < 1.29 is 24.2 Å². The molecule has 30 heavy (non-hydrogen) atoms. The Balaban J connectivity index is 2.08. The summed E-state index contributed by atoms with van der Waals surface area (Å²) in [6.45, 7) is 0. The van der Waals surface area contributed by atoms with Gasteiger partial charge >= 0.3 is 11.6 Å². The predicted molar refractivity (Wildman–Crippen MR) is 111 cm³/mol. The molecule has 0 bridgehead atoms. The molecule has 0 spiro atoms. The van der Waals surface area contributed by atoms with Gasteiger partial charge in [-0.15, -0.1) is 0 Å². The smallest absolute Gasteiger partial charge is 0.467 e. The Morgan fingerprint density at radius 2 is 1.83 bits per heavy atom. The average molecular weight is 442 g/mol. The van der Waals surface area contributed by atoms with Crippen molar-refractivity contribution in [1.82, 2.24) is 5.32 Å². The normalized spacial score (nSPS) is 20.1. The van der Waals surface area contributed by atoms with E-state index in [1.165, 1.54) is 19.3 Å². The lowest BCUT2D eigenvalue weighted by Gasteiger charge is -2.41. The summed E-state index contributed by atoms with van der Waals surface area (Å²) in [6.07, 6.45) is 10.8. The van der Waals surface area contributed by atoms with E-state index in [0.29, 0.717) is 0 Å². The summed E-state index contributed by atoms with van der Waals surface area (Å²) in [5.41, 5.74) is -2.97. The highest BCUT2D eigenvalue weighted by molar-refractivity contribution is 7.98. The van der Waals surface area contributed by atoms with Crippen LogP contribution in [0.2, 0.25) is 0 Å². The lowest BCUT2D eigenvalue weighted by molar-refractivity contribution is -0.765. The van der Waals surface area contributed by atoms with Crippen LogP contribution in [-0.2, 0) is 14.3 Å². The fourth-order valence-electron chi connectivity index (χ4n) is 3.81. The minimum absolute atomic E-state index is 0.0951. The lowest BCUT2D eigenvalue weighted by Crippen LogP contribution is -2.52. The maximum absolute atomic E-state index is 13.0. The summed E-state index contributed by atoms with van der Waals surface area (Å²) in [7, 11) is 1.22. The molecule has 1 fully saturated rings. The third-order valence-corrected chi connectivity index (χ3v) is 6.55. The molecule has 0 heterocycles. The largest absolute Gasteiger partial charge is 0.497 e. The molecule has 0 radical (unpaired) electrons. The topological polar surface area (TPSA) is 142 Å². The molecule has 0 aromatic rings. The third-order valence-electron chi connectivity index (χ3n) is 5.86. The van der Waals surface area contributed by atoms with Gasteiger partial charge in [-0.3, -0.25) is 25.0 Å². The van der Waals surface area contributed by atoms with Crippen molar-refractivity contribution in [3.05, 3.63) is 44.5 Å². The number of nitrogens with one attached hydrogen (secondary N) is 1. The number of thioether (sulfide) groups is 1. The van der Waals surface area contributed by atoms with Crippen molar-refractivity contribution in [3.8, 4) is 0 Å². The number of methoxy groups -OCH3 is 1. The summed E-state index contributed by atoms with van der Waals surface area (Å²) in [6, 6.07) is -0.946. The molecule has 0 aromatic carbocycles. The van der Waals surface area contributed by atoms with Gasteiger partial charge in [0, 0.05) is 5.41 Å². The van der Waals surface area contributed by atoms with Crippen LogP contribution in [0.1, 0.15) is 38.5 Å². The molecule has 2 aliphatic carbocycles. The number of carbonyl (C=O) groups is 2. The molecule has 2 aliphatic rings. The molecule has 1 saturated carbocycles. The Hall–Kier alpha value is -2.43.